The zero-order valence-corrected chi connectivity index (χ0v) is 13.7. The van der Waals surface area contributed by atoms with Crippen molar-refractivity contribution in [3.63, 3.8) is 0 Å². The molecule has 1 aromatic rings. The highest BCUT2D eigenvalue weighted by Crippen LogP contribution is 2.25. The molecule has 0 spiro atoms. The number of benzene rings is 1. The van der Waals surface area contributed by atoms with Gasteiger partial charge in [0.1, 0.15) is 0 Å². The minimum atomic E-state index is -0.0661. The van der Waals surface area contributed by atoms with Gasteiger partial charge in [-0.3, -0.25) is 4.79 Å². The fourth-order valence-electron chi connectivity index (χ4n) is 1.34. The molecule has 0 aliphatic carbocycles. The zero-order valence-electron chi connectivity index (χ0n) is 11.2. The molecule has 0 aliphatic rings. The van der Waals surface area contributed by atoms with Crippen molar-refractivity contribution in [3.8, 4) is 0 Å². The smallest absolute Gasteiger partial charge is 0.252 e. The molecule has 1 rings (SSSR count). The third-order valence-electron chi connectivity index (χ3n) is 3.25. The van der Waals surface area contributed by atoms with Gasteiger partial charge < -0.3 is 5.32 Å². The van der Waals surface area contributed by atoms with Gasteiger partial charge in [-0.1, -0.05) is 43.6 Å². The van der Waals surface area contributed by atoms with Crippen molar-refractivity contribution < 1.29 is 4.79 Å². The van der Waals surface area contributed by atoms with Gasteiger partial charge in [0, 0.05) is 15.9 Å². The Morgan fingerprint density at radius 1 is 1.44 bits per heavy atom. The van der Waals surface area contributed by atoms with E-state index >= 15 is 0 Å². The molecular weight excluding hydrogens is 310 g/mol. The maximum atomic E-state index is 12.0. The van der Waals surface area contributed by atoms with Crippen molar-refractivity contribution in [1.82, 2.24) is 5.32 Å². The summed E-state index contributed by atoms with van der Waals surface area (Å²) in [5.41, 5.74) is 0.805. The van der Waals surface area contributed by atoms with Crippen molar-refractivity contribution >= 4 is 34.5 Å². The van der Waals surface area contributed by atoms with Gasteiger partial charge in [0.15, 0.2) is 0 Å². The lowest BCUT2D eigenvalue weighted by molar-refractivity contribution is 0.0934. The van der Waals surface area contributed by atoms with Crippen LogP contribution in [0.5, 0.6) is 0 Å². The van der Waals surface area contributed by atoms with Crippen LogP contribution in [0.15, 0.2) is 27.6 Å². The zero-order chi connectivity index (χ0) is 13.9. The molecule has 100 valence electrons. The predicted octanol–water partition coefficient (Wildman–Crippen LogP) is 4.15. The number of hydrogen-bond donors (Lipinski definition) is 2. The second-order valence-corrected chi connectivity index (χ2v) is 7.04. The molecule has 0 aromatic heterocycles. The number of nitrogens with one attached hydrogen (secondary N) is 1. The molecule has 0 saturated heterocycles. The molecule has 2 nitrogen and oxygen atoms in total. The quantitative estimate of drug-likeness (QED) is 0.801. The number of thiol groups is 1. The lowest BCUT2D eigenvalue weighted by Crippen LogP contribution is -2.33. The van der Waals surface area contributed by atoms with Crippen LogP contribution < -0.4 is 5.32 Å². The topological polar surface area (TPSA) is 29.1 Å². The number of hydrogen-bond acceptors (Lipinski definition) is 2. The summed E-state index contributed by atoms with van der Waals surface area (Å²) in [6, 6.07) is 5.45. The molecule has 0 radical (unpaired) electrons. The van der Waals surface area contributed by atoms with E-state index in [1.165, 1.54) is 0 Å². The Bertz CT molecular complexity index is 440. The van der Waals surface area contributed by atoms with Gasteiger partial charge in [0.2, 0.25) is 0 Å². The minimum Gasteiger partial charge on any atom is -0.352 e. The van der Waals surface area contributed by atoms with E-state index in [0.29, 0.717) is 22.9 Å². The minimum absolute atomic E-state index is 0.0661. The standard InChI is InChI=1S/C14H20BrNOS/c1-9(14(2,3)4)8-16-13(17)11-6-5-10(15)7-12(11)18/h5-7,9,18H,8H2,1-4H3,(H,16,17). The summed E-state index contributed by atoms with van der Waals surface area (Å²) >= 11 is 7.67. The molecule has 0 saturated carbocycles. The SMILES string of the molecule is CC(CNC(=O)c1ccc(Br)cc1S)C(C)(C)C. The van der Waals surface area contributed by atoms with E-state index in [1.807, 2.05) is 12.1 Å². The van der Waals surface area contributed by atoms with E-state index in [9.17, 15) is 4.79 Å². The van der Waals surface area contributed by atoms with Gasteiger partial charge in [0.05, 0.1) is 5.56 Å². The Kier molecular flexibility index (Phi) is 5.29. The average Bonchev–Trinajstić information content (AvgIpc) is 2.24. The van der Waals surface area contributed by atoms with Crippen LogP contribution in [-0.4, -0.2) is 12.5 Å². The molecule has 0 aliphatic heterocycles. The molecular formula is C14H20BrNOS. The second-order valence-electron chi connectivity index (χ2n) is 5.64. The van der Waals surface area contributed by atoms with Gasteiger partial charge in [-0.25, -0.2) is 0 Å². The van der Waals surface area contributed by atoms with E-state index in [2.05, 4.69) is 61.6 Å². The fraction of sp³-hybridized carbons (Fsp3) is 0.500. The van der Waals surface area contributed by atoms with Crippen LogP contribution in [0.25, 0.3) is 0 Å². The third-order valence-corrected chi connectivity index (χ3v) is 4.11. The molecule has 0 bridgehead atoms. The van der Waals surface area contributed by atoms with Crippen LogP contribution in [0.1, 0.15) is 38.1 Å². The summed E-state index contributed by atoms with van der Waals surface area (Å²) in [4.78, 5) is 12.7. The fourth-order valence-corrected chi connectivity index (χ4v) is 2.20. The highest BCUT2D eigenvalue weighted by Gasteiger charge is 2.20. The monoisotopic (exact) mass is 329 g/mol. The summed E-state index contributed by atoms with van der Waals surface area (Å²) in [6.07, 6.45) is 0. The largest absolute Gasteiger partial charge is 0.352 e. The van der Waals surface area contributed by atoms with E-state index in [1.54, 1.807) is 6.07 Å². The first-order chi connectivity index (χ1) is 8.21. The van der Waals surface area contributed by atoms with Crippen LogP contribution in [0.2, 0.25) is 0 Å². The maximum absolute atomic E-state index is 12.0. The van der Waals surface area contributed by atoms with Crippen LogP contribution >= 0.6 is 28.6 Å². The summed E-state index contributed by atoms with van der Waals surface area (Å²) < 4.78 is 0.923. The molecule has 0 fully saturated rings. The van der Waals surface area contributed by atoms with Gasteiger partial charge >= 0.3 is 0 Å². The summed E-state index contributed by atoms with van der Waals surface area (Å²) in [7, 11) is 0. The summed E-state index contributed by atoms with van der Waals surface area (Å²) in [5, 5.41) is 2.96. The average molecular weight is 330 g/mol. The van der Waals surface area contributed by atoms with Crippen LogP contribution in [0, 0.1) is 11.3 Å². The Labute approximate surface area is 123 Å². The Morgan fingerprint density at radius 3 is 2.56 bits per heavy atom. The molecule has 1 amide bonds. The first kappa shape index (κ1) is 15.6. The number of carbonyl (C=O) groups is 1. The van der Waals surface area contributed by atoms with Gasteiger partial charge in [-0.15, -0.1) is 12.6 Å². The maximum Gasteiger partial charge on any atom is 0.252 e. The Balaban J connectivity index is 2.66. The van der Waals surface area contributed by atoms with E-state index in [0.717, 1.165) is 4.47 Å². The van der Waals surface area contributed by atoms with Crippen molar-refractivity contribution in [1.29, 1.82) is 0 Å². The molecule has 4 heteroatoms. The molecule has 1 N–H and O–H groups in total. The third kappa shape index (κ3) is 4.32. The summed E-state index contributed by atoms with van der Waals surface area (Å²) in [5.74, 6) is 0.351. The first-order valence-electron chi connectivity index (χ1n) is 5.98. The molecule has 1 atom stereocenters. The second kappa shape index (κ2) is 6.11. The van der Waals surface area contributed by atoms with Crippen molar-refractivity contribution in [2.45, 2.75) is 32.6 Å². The molecule has 18 heavy (non-hydrogen) atoms. The molecule has 0 heterocycles. The predicted molar refractivity (Wildman–Crippen MR) is 82.3 cm³/mol. The molecule has 1 unspecified atom stereocenters. The Hall–Kier alpha value is -0.480. The number of rotatable bonds is 3. The highest BCUT2D eigenvalue weighted by molar-refractivity contribution is 9.10. The van der Waals surface area contributed by atoms with Gasteiger partial charge in [-0.2, -0.15) is 0 Å². The van der Waals surface area contributed by atoms with E-state index in [4.69, 9.17) is 0 Å². The van der Waals surface area contributed by atoms with Crippen LogP contribution in [-0.2, 0) is 0 Å². The highest BCUT2D eigenvalue weighted by atomic mass is 79.9. The lowest BCUT2D eigenvalue weighted by atomic mass is 9.82. The number of carbonyl (C=O) groups excluding carboxylic acids is 1. The van der Waals surface area contributed by atoms with Crippen molar-refractivity contribution in [2.24, 2.45) is 11.3 Å². The van der Waals surface area contributed by atoms with E-state index < -0.39 is 0 Å². The first-order valence-corrected chi connectivity index (χ1v) is 7.22. The van der Waals surface area contributed by atoms with Crippen molar-refractivity contribution in [2.75, 3.05) is 6.54 Å². The molecule has 1 aromatic carbocycles. The van der Waals surface area contributed by atoms with Crippen molar-refractivity contribution in [3.05, 3.63) is 28.2 Å². The van der Waals surface area contributed by atoms with Crippen LogP contribution in [0.4, 0.5) is 0 Å². The lowest BCUT2D eigenvalue weighted by Gasteiger charge is -2.27. The van der Waals surface area contributed by atoms with E-state index in [-0.39, 0.29) is 11.3 Å². The summed E-state index contributed by atoms with van der Waals surface area (Å²) in [6.45, 7) is 9.34. The number of amides is 1. The van der Waals surface area contributed by atoms with Gasteiger partial charge in [0.25, 0.3) is 5.91 Å². The number of halogens is 1. The van der Waals surface area contributed by atoms with Gasteiger partial charge in [-0.05, 0) is 29.5 Å². The normalized spacial score (nSPS) is 13.2. The Morgan fingerprint density at radius 2 is 2.06 bits per heavy atom. The van der Waals surface area contributed by atoms with Crippen LogP contribution in [0.3, 0.4) is 0 Å².